The van der Waals surface area contributed by atoms with Crippen molar-refractivity contribution < 1.29 is 8.91 Å². The van der Waals surface area contributed by atoms with E-state index >= 15 is 0 Å². The molecule has 1 aromatic heterocycles. The Bertz CT molecular complexity index is 551. The third-order valence-corrected chi connectivity index (χ3v) is 3.44. The number of hydrogen-bond donors (Lipinski definition) is 1. The fraction of sp³-hybridized carbons (Fsp3) is 0.438. The molecule has 2 N–H and O–H groups in total. The van der Waals surface area contributed by atoms with E-state index in [4.69, 9.17) is 10.3 Å². The minimum atomic E-state index is -0.297. The first kappa shape index (κ1) is 14.6. The molecule has 0 saturated carbocycles. The van der Waals surface area contributed by atoms with E-state index in [1.54, 1.807) is 18.2 Å². The number of nitrogens with two attached hydrogens (primary N) is 1. The summed E-state index contributed by atoms with van der Waals surface area (Å²) in [6, 6.07) is 6.58. The van der Waals surface area contributed by atoms with Crippen LogP contribution in [-0.4, -0.2) is 5.16 Å². The van der Waals surface area contributed by atoms with Crippen LogP contribution < -0.4 is 5.73 Å². The molecule has 1 heterocycles. The van der Waals surface area contributed by atoms with Gasteiger partial charge in [0.1, 0.15) is 11.6 Å². The van der Waals surface area contributed by atoms with Crippen LogP contribution in [0.4, 0.5) is 10.2 Å². The highest BCUT2D eigenvalue weighted by molar-refractivity contribution is 5.75. The summed E-state index contributed by atoms with van der Waals surface area (Å²) in [5.74, 6) is 0.650. The van der Waals surface area contributed by atoms with Gasteiger partial charge in [0.25, 0.3) is 0 Å². The molecule has 0 aliphatic rings. The number of anilines is 1. The molecule has 0 spiro atoms. The van der Waals surface area contributed by atoms with Gasteiger partial charge in [-0.1, -0.05) is 56.0 Å². The van der Waals surface area contributed by atoms with Gasteiger partial charge in [0, 0.05) is 12.0 Å². The molecule has 0 fully saturated rings. The van der Waals surface area contributed by atoms with Gasteiger partial charge in [-0.3, -0.25) is 0 Å². The lowest BCUT2D eigenvalue weighted by molar-refractivity contribution is 0.381. The van der Waals surface area contributed by atoms with Gasteiger partial charge in [-0.2, -0.15) is 0 Å². The Kier molecular flexibility index (Phi) is 5.16. The highest BCUT2D eigenvalue weighted by Gasteiger charge is 2.18. The number of aromatic nitrogens is 1. The van der Waals surface area contributed by atoms with Gasteiger partial charge in [-0.25, -0.2) is 4.39 Å². The molecule has 4 heteroatoms. The van der Waals surface area contributed by atoms with Crippen molar-refractivity contribution in [1.82, 2.24) is 5.16 Å². The molecule has 20 heavy (non-hydrogen) atoms. The van der Waals surface area contributed by atoms with Gasteiger partial charge in [-0.15, -0.1) is 0 Å². The summed E-state index contributed by atoms with van der Waals surface area (Å²) in [6.45, 7) is 2.19. The average molecular weight is 276 g/mol. The molecule has 0 bridgehead atoms. The zero-order valence-corrected chi connectivity index (χ0v) is 11.9. The number of nitrogens with zero attached hydrogens (tertiary/aromatic N) is 1. The molecular formula is C16H21FN2O. The van der Waals surface area contributed by atoms with Gasteiger partial charge in [0.15, 0.2) is 5.82 Å². The van der Waals surface area contributed by atoms with Crippen LogP contribution in [0.3, 0.4) is 0 Å². The van der Waals surface area contributed by atoms with E-state index in [9.17, 15) is 4.39 Å². The number of nitrogen functional groups attached to an aromatic ring is 1. The molecule has 0 aliphatic heterocycles. The Labute approximate surface area is 119 Å². The van der Waals surface area contributed by atoms with Crippen molar-refractivity contribution in [2.24, 2.45) is 0 Å². The summed E-state index contributed by atoms with van der Waals surface area (Å²) in [6.07, 6.45) is 6.59. The quantitative estimate of drug-likeness (QED) is 0.753. The monoisotopic (exact) mass is 276 g/mol. The van der Waals surface area contributed by atoms with E-state index in [1.165, 1.54) is 25.3 Å². The van der Waals surface area contributed by atoms with Crippen LogP contribution >= 0.6 is 0 Å². The summed E-state index contributed by atoms with van der Waals surface area (Å²) in [5, 5.41) is 3.79. The zero-order chi connectivity index (χ0) is 14.4. The second-order valence-electron chi connectivity index (χ2n) is 5.01. The number of unbranched alkanes of at least 4 members (excludes halogenated alkanes) is 4. The normalized spacial score (nSPS) is 10.9. The number of aryl methyl sites for hydroxylation is 1. The number of hydrogen-bond acceptors (Lipinski definition) is 3. The molecule has 108 valence electrons. The zero-order valence-electron chi connectivity index (χ0n) is 11.9. The molecule has 0 amide bonds. The number of halogens is 1. The lowest BCUT2D eigenvalue weighted by Crippen LogP contribution is -1.93. The van der Waals surface area contributed by atoms with Crippen LogP contribution in [-0.2, 0) is 6.42 Å². The van der Waals surface area contributed by atoms with Gasteiger partial charge in [-0.05, 0) is 12.5 Å². The summed E-state index contributed by atoms with van der Waals surface area (Å²) >= 11 is 0. The molecule has 0 saturated heterocycles. The molecule has 0 unspecified atom stereocenters. The topological polar surface area (TPSA) is 52.0 Å². The Morgan fingerprint density at radius 2 is 1.90 bits per heavy atom. The lowest BCUT2D eigenvalue weighted by Gasteiger charge is -2.04. The highest BCUT2D eigenvalue weighted by atomic mass is 19.1. The minimum Gasteiger partial charge on any atom is -0.380 e. The molecule has 3 nitrogen and oxygen atoms in total. The van der Waals surface area contributed by atoms with E-state index in [-0.39, 0.29) is 11.6 Å². The first-order valence-electron chi connectivity index (χ1n) is 7.23. The first-order valence-corrected chi connectivity index (χ1v) is 7.23. The molecule has 2 rings (SSSR count). The Balaban J connectivity index is 2.10. The van der Waals surface area contributed by atoms with Gasteiger partial charge in [0.05, 0.1) is 5.56 Å². The van der Waals surface area contributed by atoms with Crippen molar-refractivity contribution >= 4 is 5.82 Å². The Morgan fingerprint density at radius 3 is 2.65 bits per heavy atom. The standard InChI is InChI=1S/C16H21FN2O/c1-2-3-4-5-6-11-14-15(16(18)19-20-14)12-9-7-8-10-13(12)17/h7-10H,2-6,11H2,1H3,(H2,18,19). The van der Waals surface area contributed by atoms with Gasteiger partial charge >= 0.3 is 0 Å². The largest absolute Gasteiger partial charge is 0.380 e. The second kappa shape index (κ2) is 7.08. The highest BCUT2D eigenvalue weighted by Crippen LogP contribution is 2.32. The molecule has 0 radical (unpaired) electrons. The van der Waals surface area contributed by atoms with Crippen molar-refractivity contribution in [3.63, 3.8) is 0 Å². The molecule has 2 aromatic rings. The van der Waals surface area contributed by atoms with Crippen LogP contribution in [0.5, 0.6) is 0 Å². The van der Waals surface area contributed by atoms with Crippen LogP contribution in [0.25, 0.3) is 11.1 Å². The molecule has 1 aromatic carbocycles. The van der Waals surface area contributed by atoms with Crippen molar-refractivity contribution in [1.29, 1.82) is 0 Å². The van der Waals surface area contributed by atoms with Crippen LogP contribution in [0.15, 0.2) is 28.8 Å². The summed E-state index contributed by atoms with van der Waals surface area (Å²) < 4.78 is 19.1. The van der Waals surface area contributed by atoms with Gasteiger partial charge < -0.3 is 10.3 Å². The second-order valence-corrected chi connectivity index (χ2v) is 5.01. The molecule has 0 aliphatic carbocycles. The predicted molar refractivity (Wildman–Crippen MR) is 78.8 cm³/mol. The minimum absolute atomic E-state index is 0.263. The van der Waals surface area contributed by atoms with Crippen molar-refractivity contribution in [2.75, 3.05) is 5.73 Å². The summed E-state index contributed by atoms with van der Waals surface area (Å²) in [4.78, 5) is 0. The van der Waals surface area contributed by atoms with Crippen molar-refractivity contribution in [3.8, 4) is 11.1 Å². The molecular weight excluding hydrogens is 255 g/mol. The maximum Gasteiger partial charge on any atom is 0.175 e. The van der Waals surface area contributed by atoms with Crippen LogP contribution in [0.1, 0.15) is 44.8 Å². The number of rotatable bonds is 7. The maximum atomic E-state index is 13.9. The summed E-state index contributed by atoms with van der Waals surface area (Å²) in [5.41, 5.74) is 6.90. The number of benzene rings is 1. The average Bonchev–Trinajstić information content (AvgIpc) is 2.80. The van der Waals surface area contributed by atoms with Crippen LogP contribution in [0.2, 0.25) is 0 Å². The Morgan fingerprint density at radius 1 is 1.15 bits per heavy atom. The van der Waals surface area contributed by atoms with E-state index in [2.05, 4.69) is 12.1 Å². The first-order chi connectivity index (χ1) is 9.74. The predicted octanol–water partition coefficient (Wildman–Crippen LogP) is 4.58. The smallest absolute Gasteiger partial charge is 0.175 e. The lowest BCUT2D eigenvalue weighted by atomic mass is 10.0. The van der Waals surface area contributed by atoms with E-state index < -0.39 is 0 Å². The summed E-state index contributed by atoms with van der Waals surface area (Å²) in [7, 11) is 0. The van der Waals surface area contributed by atoms with Crippen molar-refractivity contribution in [3.05, 3.63) is 35.8 Å². The Hall–Kier alpha value is -1.84. The van der Waals surface area contributed by atoms with E-state index in [0.29, 0.717) is 16.9 Å². The van der Waals surface area contributed by atoms with Crippen molar-refractivity contribution in [2.45, 2.75) is 45.4 Å². The third-order valence-electron chi connectivity index (χ3n) is 3.44. The fourth-order valence-corrected chi connectivity index (χ4v) is 2.35. The SMILES string of the molecule is CCCCCCCc1onc(N)c1-c1ccccc1F. The fourth-order valence-electron chi connectivity index (χ4n) is 2.35. The van der Waals surface area contributed by atoms with Crippen LogP contribution in [0, 0.1) is 5.82 Å². The van der Waals surface area contributed by atoms with E-state index in [0.717, 1.165) is 19.3 Å². The van der Waals surface area contributed by atoms with Gasteiger partial charge in [0.2, 0.25) is 0 Å². The van der Waals surface area contributed by atoms with E-state index in [1.807, 2.05) is 0 Å². The molecule has 0 atom stereocenters. The third kappa shape index (κ3) is 3.38. The maximum absolute atomic E-state index is 13.9.